The van der Waals surface area contributed by atoms with Crippen molar-refractivity contribution in [3.8, 4) is 11.1 Å². The molecule has 0 heterocycles. The molecule has 0 saturated carbocycles. The standard InChI is InChI=1S/C6H4.C5H11Cl/c1-2-6-4-3-5(1)6;1-2-3-4-5-6/h1-4H;2-5H2,1H3. The Kier molecular flexibility index (Phi) is 4.16. The number of halogens is 1. The molecule has 12 heavy (non-hydrogen) atoms. The summed E-state index contributed by atoms with van der Waals surface area (Å²) in [6.45, 7) is 2.17. The van der Waals surface area contributed by atoms with Crippen LogP contribution >= 0.6 is 11.6 Å². The fraction of sp³-hybridized carbons (Fsp3) is 0.455. The van der Waals surface area contributed by atoms with Gasteiger partial charge in [-0.05, 0) is 17.5 Å². The molecule has 0 saturated heterocycles. The van der Waals surface area contributed by atoms with Crippen LogP contribution in [0.5, 0.6) is 0 Å². The number of hydrogen-bond acceptors (Lipinski definition) is 0. The van der Waals surface area contributed by atoms with Crippen LogP contribution in [0.1, 0.15) is 26.2 Å². The molecule has 2 aliphatic carbocycles. The molecular weight excluding hydrogens is 168 g/mol. The maximum absolute atomic E-state index is 5.38. The zero-order valence-electron chi connectivity index (χ0n) is 7.52. The lowest BCUT2D eigenvalue weighted by atomic mass is 9.95. The van der Waals surface area contributed by atoms with E-state index in [0.717, 1.165) is 5.88 Å². The lowest BCUT2D eigenvalue weighted by molar-refractivity contribution is 0.776. The number of alkyl halides is 1. The van der Waals surface area contributed by atoms with Crippen molar-refractivity contribution in [2.75, 3.05) is 5.88 Å². The normalized spacial score (nSPS) is 10.2. The third-order valence-electron chi connectivity index (χ3n) is 1.96. The van der Waals surface area contributed by atoms with Crippen LogP contribution in [0.3, 0.4) is 0 Å². The van der Waals surface area contributed by atoms with Gasteiger partial charge in [0.2, 0.25) is 0 Å². The molecule has 0 atom stereocenters. The molecule has 0 N–H and O–H groups in total. The van der Waals surface area contributed by atoms with Crippen molar-refractivity contribution in [2.45, 2.75) is 26.2 Å². The first-order valence-corrected chi connectivity index (χ1v) is 5.08. The van der Waals surface area contributed by atoms with Gasteiger partial charge in [-0.25, -0.2) is 0 Å². The topological polar surface area (TPSA) is 0 Å². The SMILES string of the molecule is CCCCCCl.c1cc2ccc1-2. The van der Waals surface area contributed by atoms with E-state index in [9.17, 15) is 0 Å². The predicted octanol–water partition coefficient (Wildman–Crippen LogP) is 4.08. The Morgan fingerprint density at radius 1 is 1.00 bits per heavy atom. The monoisotopic (exact) mass is 182 g/mol. The fourth-order valence-electron chi connectivity index (χ4n) is 1.01. The van der Waals surface area contributed by atoms with Crippen LogP contribution in [0, 0.1) is 0 Å². The van der Waals surface area contributed by atoms with E-state index in [1.807, 2.05) is 0 Å². The molecule has 0 radical (unpaired) electrons. The summed E-state index contributed by atoms with van der Waals surface area (Å²) in [5.74, 6) is 0.827. The highest BCUT2D eigenvalue weighted by Gasteiger charge is 2.03. The Morgan fingerprint density at radius 2 is 1.50 bits per heavy atom. The Hall–Kier alpha value is -0.490. The minimum Gasteiger partial charge on any atom is -0.127 e. The van der Waals surface area contributed by atoms with Crippen molar-refractivity contribution in [1.29, 1.82) is 0 Å². The molecule has 0 spiro atoms. The molecule has 0 aromatic heterocycles. The largest absolute Gasteiger partial charge is 0.127 e. The summed E-state index contributed by atoms with van der Waals surface area (Å²) in [6.07, 6.45) is 3.73. The number of rotatable bonds is 3. The van der Waals surface area contributed by atoms with Crippen LogP contribution in [-0.2, 0) is 0 Å². The summed E-state index contributed by atoms with van der Waals surface area (Å²) < 4.78 is 0. The van der Waals surface area contributed by atoms with Crippen LogP contribution in [-0.4, -0.2) is 5.88 Å². The van der Waals surface area contributed by atoms with E-state index in [4.69, 9.17) is 11.6 Å². The first-order chi connectivity index (χ1) is 5.88. The first kappa shape index (κ1) is 9.60. The van der Waals surface area contributed by atoms with Crippen molar-refractivity contribution < 1.29 is 0 Å². The Labute approximate surface area is 79.6 Å². The highest BCUT2D eigenvalue weighted by molar-refractivity contribution is 6.17. The van der Waals surface area contributed by atoms with Gasteiger partial charge in [0.1, 0.15) is 0 Å². The van der Waals surface area contributed by atoms with Gasteiger partial charge in [-0.3, -0.25) is 0 Å². The van der Waals surface area contributed by atoms with E-state index in [1.54, 1.807) is 0 Å². The Morgan fingerprint density at radius 3 is 1.58 bits per heavy atom. The summed E-state index contributed by atoms with van der Waals surface area (Å²) >= 11 is 5.38. The number of hydrogen-bond donors (Lipinski definition) is 0. The number of unbranched alkanes of at least 4 members (excludes halogenated alkanes) is 2. The minimum absolute atomic E-state index is 0.827. The van der Waals surface area contributed by atoms with Crippen LogP contribution in [0.25, 0.3) is 11.1 Å². The quantitative estimate of drug-likeness (QED) is 0.496. The molecule has 0 unspecified atom stereocenters. The maximum Gasteiger partial charge on any atom is 0.0223 e. The highest BCUT2D eigenvalue weighted by Crippen LogP contribution is 2.29. The molecule has 0 aromatic carbocycles. The lowest BCUT2D eigenvalue weighted by Gasteiger charge is -2.10. The van der Waals surface area contributed by atoms with Crippen LogP contribution in [0.15, 0.2) is 24.3 Å². The van der Waals surface area contributed by atoms with Crippen molar-refractivity contribution in [2.24, 2.45) is 0 Å². The van der Waals surface area contributed by atoms with Gasteiger partial charge in [-0.15, -0.1) is 11.6 Å². The molecule has 0 aromatic rings. The van der Waals surface area contributed by atoms with Gasteiger partial charge in [-0.1, -0.05) is 44.0 Å². The third kappa shape index (κ3) is 2.53. The lowest BCUT2D eigenvalue weighted by Crippen LogP contribution is -1.85. The van der Waals surface area contributed by atoms with Crippen LogP contribution < -0.4 is 0 Å². The van der Waals surface area contributed by atoms with Crippen LogP contribution in [0.2, 0.25) is 0 Å². The fourth-order valence-corrected chi connectivity index (χ4v) is 1.20. The van der Waals surface area contributed by atoms with Crippen molar-refractivity contribution in [3.63, 3.8) is 0 Å². The van der Waals surface area contributed by atoms with E-state index >= 15 is 0 Å². The van der Waals surface area contributed by atoms with Gasteiger partial charge in [0.15, 0.2) is 0 Å². The Bertz CT molecular complexity index is 188. The molecule has 0 amide bonds. The van der Waals surface area contributed by atoms with Gasteiger partial charge in [0, 0.05) is 5.88 Å². The van der Waals surface area contributed by atoms with Crippen molar-refractivity contribution in [3.05, 3.63) is 24.3 Å². The summed E-state index contributed by atoms with van der Waals surface area (Å²) in [6, 6.07) is 8.48. The van der Waals surface area contributed by atoms with Crippen molar-refractivity contribution in [1.82, 2.24) is 0 Å². The highest BCUT2D eigenvalue weighted by atomic mass is 35.5. The Balaban J connectivity index is 0.000000120. The first-order valence-electron chi connectivity index (χ1n) is 4.55. The van der Waals surface area contributed by atoms with Gasteiger partial charge in [0.05, 0.1) is 0 Å². The third-order valence-corrected chi connectivity index (χ3v) is 2.22. The predicted molar refractivity (Wildman–Crippen MR) is 55.7 cm³/mol. The van der Waals surface area contributed by atoms with Crippen LogP contribution in [0.4, 0.5) is 0 Å². The minimum atomic E-state index is 0.827. The summed E-state index contributed by atoms with van der Waals surface area (Å²) in [5.41, 5.74) is 2.85. The molecule has 66 valence electrons. The van der Waals surface area contributed by atoms with Crippen molar-refractivity contribution >= 4 is 11.6 Å². The molecule has 0 fully saturated rings. The second kappa shape index (κ2) is 5.21. The molecule has 2 rings (SSSR count). The molecule has 1 heteroatoms. The number of benzene rings is 1. The van der Waals surface area contributed by atoms with E-state index in [-0.39, 0.29) is 0 Å². The molecular formula is C11H15Cl. The van der Waals surface area contributed by atoms with Gasteiger partial charge >= 0.3 is 0 Å². The van der Waals surface area contributed by atoms with E-state index in [1.165, 1.54) is 30.4 Å². The molecule has 2 aliphatic rings. The zero-order valence-corrected chi connectivity index (χ0v) is 8.27. The van der Waals surface area contributed by atoms with E-state index < -0.39 is 0 Å². The van der Waals surface area contributed by atoms with Gasteiger partial charge < -0.3 is 0 Å². The molecule has 0 bridgehead atoms. The average molecular weight is 183 g/mol. The summed E-state index contributed by atoms with van der Waals surface area (Å²) in [5, 5.41) is 0. The molecule has 0 nitrogen and oxygen atoms in total. The van der Waals surface area contributed by atoms with E-state index in [0.29, 0.717) is 0 Å². The average Bonchev–Trinajstić information content (AvgIpc) is 2.09. The maximum atomic E-state index is 5.38. The molecule has 0 aliphatic heterocycles. The second-order valence-electron chi connectivity index (χ2n) is 2.97. The van der Waals surface area contributed by atoms with Gasteiger partial charge in [-0.2, -0.15) is 0 Å². The summed E-state index contributed by atoms with van der Waals surface area (Å²) in [7, 11) is 0. The van der Waals surface area contributed by atoms with Gasteiger partial charge in [0.25, 0.3) is 0 Å². The second-order valence-corrected chi connectivity index (χ2v) is 3.35. The summed E-state index contributed by atoms with van der Waals surface area (Å²) in [4.78, 5) is 0. The smallest absolute Gasteiger partial charge is 0.0223 e. The zero-order chi connectivity index (χ0) is 8.81. The van der Waals surface area contributed by atoms with E-state index in [2.05, 4.69) is 31.2 Å². The number of fused-ring (bicyclic) bond motifs is 1.